The van der Waals surface area contributed by atoms with Crippen molar-refractivity contribution in [1.29, 1.82) is 0 Å². The first-order chi connectivity index (χ1) is 26.0. The van der Waals surface area contributed by atoms with E-state index in [2.05, 4.69) is 113 Å². The maximum absolute atomic E-state index is 14.4. The van der Waals surface area contributed by atoms with Crippen LogP contribution < -0.4 is 9.47 Å². The van der Waals surface area contributed by atoms with E-state index in [9.17, 15) is 9.59 Å². The highest BCUT2D eigenvalue weighted by Crippen LogP contribution is 2.49. The minimum atomic E-state index is -2.41. The van der Waals surface area contributed by atoms with Gasteiger partial charge in [0.25, 0.3) is 0 Å². The van der Waals surface area contributed by atoms with Crippen LogP contribution in [0.3, 0.4) is 0 Å². The Morgan fingerprint density at radius 2 is 1.48 bits per heavy atom. The second-order valence-corrected chi connectivity index (χ2v) is 28.7. The Hall–Kier alpha value is -2.51. The van der Waals surface area contributed by atoms with Crippen LogP contribution in [0.2, 0.25) is 36.3 Å². The predicted molar refractivity (Wildman–Crippen MR) is 232 cm³/mol. The normalized spacial score (nSPS) is 18.8. The Balaban J connectivity index is 1.95. The highest BCUT2D eigenvalue weighted by atomic mass is 28.4. The Labute approximate surface area is 342 Å². The Morgan fingerprint density at radius 1 is 0.839 bits per heavy atom. The van der Waals surface area contributed by atoms with E-state index in [1.807, 2.05) is 25.1 Å². The number of carbonyl (C=O) groups excluding carboxylic acids is 2. The van der Waals surface area contributed by atoms with Crippen LogP contribution in [0.1, 0.15) is 125 Å². The highest BCUT2D eigenvalue weighted by Gasteiger charge is 2.69. The second kappa shape index (κ2) is 20.0. The SMILES string of the molecule is CCC[C@@H](CCOc1ccc(CC(C)C)c(OCc2ccccc2)c1CO[Si](C)(C)C(C)(C)C)C(=O)C[C@H](O[Si](C)(C)C(C)(C)C)C1(C(=O)OCC)O[C@H]1CC. The highest BCUT2D eigenvalue weighted by molar-refractivity contribution is 6.74. The summed E-state index contributed by atoms with van der Waals surface area (Å²) in [6.07, 6.45) is 2.58. The van der Waals surface area contributed by atoms with Crippen molar-refractivity contribution in [1.82, 2.24) is 0 Å². The van der Waals surface area contributed by atoms with Crippen LogP contribution in [0.4, 0.5) is 0 Å². The third kappa shape index (κ3) is 12.3. The van der Waals surface area contributed by atoms with Gasteiger partial charge in [0.1, 0.15) is 30.0 Å². The lowest BCUT2D eigenvalue weighted by Gasteiger charge is -2.40. The van der Waals surface area contributed by atoms with Crippen molar-refractivity contribution in [3.05, 3.63) is 59.2 Å². The first-order valence-electron chi connectivity index (χ1n) is 21.2. The molecule has 2 aromatic carbocycles. The molecule has 1 saturated heterocycles. The van der Waals surface area contributed by atoms with Crippen LogP contribution in [0, 0.1) is 11.8 Å². The molecule has 1 aliphatic heterocycles. The molecule has 4 atom stereocenters. The lowest BCUT2D eigenvalue weighted by Crippen LogP contribution is -2.52. The van der Waals surface area contributed by atoms with Crippen molar-refractivity contribution in [2.75, 3.05) is 13.2 Å². The molecule has 0 aliphatic carbocycles. The number of esters is 1. The molecule has 1 aliphatic rings. The minimum Gasteiger partial charge on any atom is -0.493 e. The van der Waals surface area contributed by atoms with Gasteiger partial charge in [-0.15, -0.1) is 0 Å². The van der Waals surface area contributed by atoms with E-state index in [1.54, 1.807) is 6.92 Å². The summed E-state index contributed by atoms with van der Waals surface area (Å²) in [4.78, 5) is 28.0. The van der Waals surface area contributed by atoms with Gasteiger partial charge in [-0.1, -0.05) is 112 Å². The fraction of sp³-hybridized carbons (Fsp3) is 0.696. The molecule has 8 nitrogen and oxygen atoms in total. The number of epoxide rings is 1. The van der Waals surface area contributed by atoms with Crippen molar-refractivity contribution in [2.24, 2.45) is 11.8 Å². The molecule has 3 rings (SSSR count). The van der Waals surface area contributed by atoms with Crippen LogP contribution in [-0.4, -0.2) is 59.4 Å². The van der Waals surface area contributed by atoms with Crippen LogP contribution in [0.5, 0.6) is 11.5 Å². The molecule has 1 heterocycles. The topological polar surface area (TPSA) is 92.8 Å². The lowest BCUT2D eigenvalue weighted by molar-refractivity contribution is -0.154. The van der Waals surface area contributed by atoms with Crippen LogP contribution in [-0.2, 0) is 47.5 Å². The molecule has 1 unspecified atom stereocenters. The molecule has 0 saturated carbocycles. The summed E-state index contributed by atoms with van der Waals surface area (Å²) in [5, 5.41) is -0.0964. The van der Waals surface area contributed by atoms with Gasteiger partial charge < -0.3 is 27.8 Å². The summed E-state index contributed by atoms with van der Waals surface area (Å²) in [7, 11) is -4.54. The molecule has 0 N–H and O–H groups in total. The maximum atomic E-state index is 14.4. The number of Topliss-reactive ketones (excluding diaryl/α,β-unsaturated/α-hetero) is 1. The van der Waals surface area contributed by atoms with E-state index < -0.39 is 34.3 Å². The molecule has 1 fully saturated rings. The molecule has 2 aromatic rings. The van der Waals surface area contributed by atoms with Gasteiger partial charge in [-0.05, 0) is 92.0 Å². The van der Waals surface area contributed by atoms with Gasteiger partial charge in [0, 0.05) is 12.3 Å². The van der Waals surface area contributed by atoms with Gasteiger partial charge in [0.2, 0.25) is 5.60 Å². The maximum Gasteiger partial charge on any atom is 0.343 e. The van der Waals surface area contributed by atoms with Crippen molar-refractivity contribution in [2.45, 2.75) is 182 Å². The number of rotatable bonds is 23. The molecule has 0 radical (unpaired) electrons. The molecular formula is C46H76O8Si2. The quantitative estimate of drug-likeness (QED) is 0.0622. The van der Waals surface area contributed by atoms with E-state index in [-0.39, 0.29) is 40.9 Å². The number of hydrogen-bond donors (Lipinski definition) is 0. The third-order valence-electron chi connectivity index (χ3n) is 12.2. The van der Waals surface area contributed by atoms with Crippen molar-refractivity contribution < 1.29 is 37.4 Å². The first-order valence-corrected chi connectivity index (χ1v) is 27.0. The average molecular weight is 813 g/mol. The van der Waals surface area contributed by atoms with E-state index in [0.29, 0.717) is 45.0 Å². The van der Waals surface area contributed by atoms with E-state index in [0.717, 1.165) is 41.0 Å². The van der Waals surface area contributed by atoms with Crippen molar-refractivity contribution in [3.63, 3.8) is 0 Å². The fourth-order valence-electron chi connectivity index (χ4n) is 6.62. The number of ketones is 1. The number of carbonyl (C=O) groups is 2. The van der Waals surface area contributed by atoms with Gasteiger partial charge in [0.15, 0.2) is 16.6 Å². The summed E-state index contributed by atoms with van der Waals surface area (Å²) in [6.45, 7) is 33.8. The minimum absolute atomic E-state index is 0.0308. The van der Waals surface area contributed by atoms with E-state index >= 15 is 0 Å². The van der Waals surface area contributed by atoms with Crippen molar-refractivity contribution >= 4 is 28.4 Å². The summed E-state index contributed by atoms with van der Waals surface area (Å²) < 4.78 is 38.9. The Kier molecular flexibility index (Phi) is 17.1. The summed E-state index contributed by atoms with van der Waals surface area (Å²) in [5.41, 5.74) is 1.87. The van der Waals surface area contributed by atoms with Gasteiger partial charge in [-0.3, -0.25) is 4.79 Å². The summed E-state index contributed by atoms with van der Waals surface area (Å²) in [5.74, 6) is 1.33. The standard InChI is InChI=1S/C46H76O8Si2/c1-16-22-35(38(47)30-41(54-56(14,15)45(9,10)11)46(40(17-2)53-46)43(48)49-18-3)27-28-50-39-26-25-36(29-33(4)5)42(51-31-34-23-20-19-21-24-34)37(39)32-52-55(12,13)44(6,7)8/h19-21,23-26,33,35,40-41H,16-18,22,27-32H2,1-15H3/t35-,40-,41-,46?/m0/s1. The largest absolute Gasteiger partial charge is 0.493 e. The Morgan fingerprint density at radius 3 is 2.02 bits per heavy atom. The lowest BCUT2D eigenvalue weighted by atomic mass is 9.87. The van der Waals surface area contributed by atoms with Gasteiger partial charge in [0.05, 0.1) is 31.5 Å². The molecule has 0 aromatic heterocycles. The molecular weight excluding hydrogens is 737 g/mol. The smallest absolute Gasteiger partial charge is 0.343 e. The molecule has 0 bridgehead atoms. The van der Waals surface area contributed by atoms with Gasteiger partial charge >= 0.3 is 5.97 Å². The molecule has 0 amide bonds. The molecule has 10 heteroatoms. The monoisotopic (exact) mass is 813 g/mol. The summed E-state index contributed by atoms with van der Waals surface area (Å²) >= 11 is 0. The zero-order valence-electron chi connectivity index (χ0n) is 37.7. The van der Waals surface area contributed by atoms with Gasteiger partial charge in [-0.2, -0.15) is 0 Å². The fourth-order valence-corrected chi connectivity index (χ4v) is 8.89. The number of hydrogen-bond acceptors (Lipinski definition) is 8. The van der Waals surface area contributed by atoms with Crippen molar-refractivity contribution in [3.8, 4) is 11.5 Å². The average Bonchev–Trinajstić information content (AvgIpc) is 3.85. The van der Waals surface area contributed by atoms with Gasteiger partial charge in [-0.25, -0.2) is 4.79 Å². The van der Waals surface area contributed by atoms with Crippen LogP contribution in [0.25, 0.3) is 0 Å². The predicted octanol–water partition coefficient (Wildman–Crippen LogP) is 11.6. The molecule has 316 valence electrons. The Bertz CT molecular complexity index is 1560. The number of benzene rings is 2. The van der Waals surface area contributed by atoms with E-state index in [1.165, 1.54) is 0 Å². The zero-order valence-corrected chi connectivity index (χ0v) is 39.7. The molecule has 56 heavy (non-hydrogen) atoms. The zero-order chi connectivity index (χ0) is 42.1. The third-order valence-corrected chi connectivity index (χ3v) is 21.1. The van der Waals surface area contributed by atoms with E-state index in [4.69, 9.17) is 27.8 Å². The van der Waals surface area contributed by atoms with Crippen LogP contribution >= 0.6 is 0 Å². The van der Waals surface area contributed by atoms with Crippen LogP contribution in [0.15, 0.2) is 42.5 Å². The first kappa shape index (κ1) is 47.9. The molecule has 0 spiro atoms. The number of ether oxygens (including phenoxy) is 4. The second-order valence-electron chi connectivity index (χ2n) is 19.1. The summed E-state index contributed by atoms with van der Waals surface area (Å²) in [6, 6.07) is 14.4.